The quantitative estimate of drug-likeness (QED) is 0.834. The highest BCUT2D eigenvalue weighted by molar-refractivity contribution is 7.09. The van der Waals surface area contributed by atoms with E-state index in [1.807, 2.05) is 29.8 Å². The highest BCUT2D eigenvalue weighted by atomic mass is 32.1. The number of ether oxygens (including phenoxy) is 1. The van der Waals surface area contributed by atoms with Crippen molar-refractivity contribution in [2.24, 2.45) is 0 Å². The van der Waals surface area contributed by atoms with E-state index in [1.54, 1.807) is 11.3 Å². The second kappa shape index (κ2) is 7.51. The SMILES string of the molecule is O=C(NCCCCc1nccs1)[C@@H]1OCCc2ccccc21. The van der Waals surface area contributed by atoms with E-state index in [9.17, 15) is 4.79 Å². The average Bonchev–Trinajstić information content (AvgIpc) is 3.07. The minimum absolute atomic E-state index is 0.0265. The minimum atomic E-state index is -0.455. The molecule has 1 aromatic carbocycles. The Morgan fingerprint density at radius 3 is 3.14 bits per heavy atom. The maximum Gasteiger partial charge on any atom is 0.253 e. The summed E-state index contributed by atoms with van der Waals surface area (Å²) in [6.07, 6.45) is 5.24. The summed E-state index contributed by atoms with van der Waals surface area (Å²) < 4.78 is 5.66. The number of thiazole rings is 1. The van der Waals surface area contributed by atoms with E-state index < -0.39 is 6.10 Å². The minimum Gasteiger partial charge on any atom is -0.363 e. The molecule has 2 heterocycles. The third-order valence-electron chi connectivity index (χ3n) is 3.83. The fourth-order valence-electron chi connectivity index (χ4n) is 2.69. The summed E-state index contributed by atoms with van der Waals surface area (Å²) in [5.74, 6) is -0.0265. The van der Waals surface area contributed by atoms with Gasteiger partial charge in [0.1, 0.15) is 0 Å². The zero-order valence-corrected chi connectivity index (χ0v) is 13.3. The van der Waals surface area contributed by atoms with Crippen LogP contribution in [0.1, 0.15) is 35.1 Å². The van der Waals surface area contributed by atoms with Gasteiger partial charge in [0.15, 0.2) is 6.10 Å². The Kier molecular flexibility index (Phi) is 5.19. The number of amides is 1. The largest absolute Gasteiger partial charge is 0.363 e. The molecule has 1 aromatic heterocycles. The zero-order valence-electron chi connectivity index (χ0n) is 12.5. The Morgan fingerprint density at radius 1 is 1.36 bits per heavy atom. The molecular formula is C17H20N2O2S. The van der Waals surface area contributed by atoms with E-state index in [2.05, 4.69) is 16.4 Å². The summed E-state index contributed by atoms with van der Waals surface area (Å²) in [5, 5.41) is 6.15. The van der Waals surface area contributed by atoms with Gasteiger partial charge in [-0.25, -0.2) is 4.98 Å². The summed E-state index contributed by atoms with van der Waals surface area (Å²) in [6, 6.07) is 8.03. The Bertz CT molecular complexity index is 613. The molecular weight excluding hydrogens is 296 g/mol. The van der Waals surface area contributed by atoms with Crippen LogP contribution in [-0.2, 0) is 22.4 Å². The van der Waals surface area contributed by atoms with E-state index in [0.717, 1.165) is 36.3 Å². The lowest BCUT2D eigenvalue weighted by atomic mass is 9.97. The van der Waals surface area contributed by atoms with Gasteiger partial charge in [-0.15, -0.1) is 11.3 Å². The van der Waals surface area contributed by atoms with Gasteiger partial charge in [-0.1, -0.05) is 24.3 Å². The molecule has 116 valence electrons. The van der Waals surface area contributed by atoms with Gasteiger partial charge in [0.2, 0.25) is 0 Å². The third-order valence-corrected chi connectivity index (χ3v) is 4.67. The van der Waals surface area contributed by atoms with Gasteiger partial charge in [0, 0.05) is 18.1 Å². The molecule has 0 saturated carbocycles. The van der Waals surface area contributed by atoms with Crippen LogP contribution in [0.25, 0.3) is 0 Å². The van der Waals surface area contributed by atoms with Crippen LogP contribution in [0.3, 0.4) is 0 Å². The number of aromatic nitrogens is 1. The summed E-state index contributed by atoms with van der Waals surface area (Å²) in [6.45, 7) is 1.30. The van der Waals surface area contributed by atoms with Crippen LogP contribution in [0.5, 0.6) is 0 Å². The van der Waals surface area contributed by atoms with Crippen molar-refractivity contribution in [2.45, 2.75) is 31.8 Å². The monoisotopic (exact) mass is 316 g/mol. The normalized spacial score (nSPS) is 17.0. The number of carbonyl (C=O) groups excluding carboxylic acids is 1. The van der Waals surface area contributed by atoms with Gasteiger partial charge in [-0.05, 0) is 36.8 Å². The molecule has 1 atom stereocenters. The van der Waals surface area contributed by atoms with Crippen molar-refractivity contribution in [1.29, 1.82) is 0 Å². The van der Waals surface area contributed by atoms with Crippen molar-refractivity contribution >= 4 is 17.2 Å². The first kappa shape index (κ1) is 15.2. The predicted molar refractivity (Wildman–Crippen MR) is 86.9 cm³/mol. The smallest absolute Gasteiger partial charge is 0.253 e. The number of nitrogens with zero attached hydrogens (tertiary/aromatic N) is 1. The first-order valence-corrected chi connectivity index (χ1v) is 8.58. The molecule has 0 bridgehead atoms. The van der Waals surface area contributed by atoms with Crippen LogP contribution in [0.2, 0.25) is 0 Å². The zero-order chi connectivity index (χ0) is 15.2. The standard InChI is InChI=1S/C17H20N2O2S/c20-17(19-9-4-3-7-15-18-10-12-22-15)16-14-6-2-1-5-13(14)8-11-21-16/h1-2,5-6,10,12,16H,3-4,7-9,11H2,(H,19,20)/t16-/m1/s1. The molecule has 1 aliphatic heterocycles. The number of aryl methyl sites for hydroxylation is 1. The molecule has 0 aliphatic carbocycles. The number of nitrogens with one attached hydrogen (secondary N) is 1. The molecule has 4 nitrogen and oxygen atoms in total. The fraction of sp³-hybridized carbons (Fsp3) is 0.412. The lowest BCUT2D eigenvalue weighted by Crippen LogP contribution is -2.34. The fourth-order valence-corrected chi connectivity index (χ4v) is 3.36. The Hall–Kier alpha value is -1.72. The van der Waals surface area contributed by atoms with E-state index in [-0.39, 0.29) is 5.91 Å². The van der Waals surface area contributed by atoms with Gasteiger partial charge < -0.3 is 10.1 Å². The molecule has 0 fully saturated rings. The van der Waals surface area contributed by atoms with E-state index >= 15 is 0 Å². The van der Waals surface area contributed by atoms with Crippen LogP contribution < -0.4 is 5.32 Å². The molecule has 2 aromatic rings. The third kappa shape index (κ3) is 3.72. The molecule has 5 heteroatoms. The van der Waals surface area contributed by atoms with Crippen LogP contribution in [0, 0.1) is 0 Å². The van der Waals surface area contributed by atoms with Crippen molar-refractivity contribution in [3.05, 3.63) is 52.0 Å². The van der Waals surface area contributed by atoms with Crippen molar-refractivity contribution in [3.63, 3.8) is 0 Å². The van der Waals surface area contributed by atoms with Crippen molar-refractivity contribution in [3.8, 4) is 0 Å². The second-order valence-corrected chi connectivity index (χ2v) is 6.35. The number of hydrogen-bond acceptors (Lipinski definition) is 4. The summed E-state index contributed by atoms with van der Waals surface area (Å²) in [7, 11) is 0. The number of benzene rings is 1. The molecule has 0 radical (unpaired) electrons. The molecule has 1 N–H and O–H groups in total. The van der Waals surface area contributed by atoms with Crippen molar-refractivity contribution in [1.82, 2.24) is 10.3 Å². The second-order valence-electron chi connectivity index (χ2n) is 5.37. The number of rotatable bonds is 6. The lowest BCUT2D eigenvalue weighted by Gasteiger charge is -2.25. The maximum absolute atomic E-state index is 12.3. The Labute approximate surface area is 134 Å². The molecule has 0 spiro atoms. The van der Waals surface area contributed by atoms with Crippen LogP contribution >= 0.6 is 11.3 Å². The van der Waals surface area contributed by atoms with Crippen LogP contribution in [0.4, 0.5) is 0 Å². The Balaban J connectivity index is 1.44. The highest BCUT2D eigenvalue weighted by Gasteiger charge is 2.26. The molecule has 0 unspecified atom stereocenters. The first-order valence-electron chi connectivity index (χ1n) is 7.70. The topological polar surface area (TPSA) is 51.2 Å². The van der Waals surface area contributed by atoms with Crippen LogP contribution in [0.15, 0.2) is 35.8 Å². The Morgan fingerprint density at radius 2 is 2.27 bits per heavy atom. The van der Waals surface area contributed by atoms with Gasteiger partial charge >= 0.3 is 0 Å². The molecule has 3 rings (SSSR count). The molecule has 0 saturated heterocycles. The number of unbranched alkanes of at least 4 members (excludes halogenated alkanes) is 1. The predicted octanol–water partition coefficient (Wildman–Crippen LogP) is 2.90. The van der Waals surface area contributed by atoms with Gasteiger partial charge in [0.25, 0.3) is 5.91 Å². The van der Waals surface area contributed by atoms with E-state index in [0.29, 0.717) is 13.2 Å². The first-order chi connectivity index (χ1) is 10.8. The van der Waals surface area contributed by atoms with Crippen molar-refractivity contribution < 1.29 is 9.53 Å². The van der Waals surface area contributed by atoms with Gasteiger partial charge in [-0.3, -0.25) is 4.79 Å². The lowest BCUT2D eigenvalue weighted by molar-refractivity contribution is -0.134. The summed E-state index contributed by atoms with van der Waals surface area (Å²) >= 11 is 1.68. The van der Waals surface area contributed by atoms with Gasteiger partial charge in [0.05, 0.1) is 11.6 Å². The van der Waals surface area contributed by atoms with E-state index in [1.165, 1.54) is 5.56 Å². The summed E-state index contributed by atoms with van der Waals surface area (Å²) in [4.78, 5) is 16.6. The van der Waals surface area contributed by atoms with Crippen molar-refractivity contribution in [2.75, 3.05) is 13.2 Å². The molecule has 22 heavy (non-hydrogen) atoms. The van der Waals surface area contributed by atoms with Crippen LogP contribution in [-0.4, -0.2) is 24.0 Å². The number of carbonyl (C=O) groups is 1. The van der Waals surface area contributed by atoms with E-state index in [4.69, 9.17) is 4.74 Å². The number of hydrogen-bond donors (Lipinski definition) is 1. The maximum atomic E-state index is 12.3. The summed E-state index contributed by atoms with van der Waals surface area (Å²) in [5.41, 5.74) is 2.23. The molecule has 1 amide bonds. The van der Waals surface area contributed by atoms with Gasteiger partial charge in [-0.2, -0.15) is 0 Å². The number of fused-ring (bicyclic) bond motifs is 1. The molecule has 1 aliphatic rings. The average molecular weight is 316 g/mol. The highest BCUT2D eigenvalue weighted by Crippen LogP contribution is 2.26.